The highest BCUT2D eigenvalue weighted by atomic mass is 32.2. The molecule has 1 fully saturated rings. The summed E-state index contributed by atoms with van der Waals surface area (Å²) >= 11 is 4.71. The van der Waals surface area contributed by atoms with Crippen molar-refractivity contribution in [3.8, 4) is 0 Å². The van der Waals surface area contributed by atoms with Crippen LogP contribution in [0.1, 0.15) is 26.2 Å². The summed E-state index contributed by atoms with van der Waals surface area (Å²) in [5.41, 5.74) is 5.35. The number of nitrogens with two attached hydrogens (primary N) is 1. The molecule has 0 amide bonds. The van der Waals surface area contributed by atoms with Gasteiger partial charge in [0.25, 0.3) is 0 Å². The number of hydrogen-bond acceptors (Lipinski definition) is 3. The highest BCUT2D eigenvalue weighted by molar-refractivity contribution is 7.92. The number of rotatable bonds is 3. The zero-order chi connectivity index (χ0) is 10.8. The SMILES string of the molecule is CC(C(N)=S)S(=O)(=O)N1CCCCC1. The lowest BCUT2D eigenvalue weighted by atomic mass is 10.2. The van der Waals surface area contributed by atoms with E-state index in [2.05, 4.69) is 0 Å². The Morgan fingerprint density at radius 1 is 1.36 bits per heavy atom. The third-order valence-electron chi connectivity index (χ3n) is 2.52. The van der Waals surface area contributed by atoms with Crippen LogP contribution in [0.5, 0.6) is 0 Å². The summed E-state index contributed by atoms with van der Waals surface area (Å²) in [4.78, 5) is 0.0515. The number of piperidine rings is 1. The summed E-state index contributed by atoms with van der Waals surface area (Å²) in [6, 6.07) is 0. The molecule has 1 aliphatic rings. The molecule has 0 aromatic rings. The molecule has 0 radical (unpaired) electrons. The first-order valence-electron chi connectivity index (χ1n) is 4.74. The van der Waals surface area contributed by atoms with E-state index in [0.29, 0.717) is 13.1 Å². The maximum atomic E-state index is 11.9. The molecule has 0 aromatic heterocycles. The molecule has 1 aliphatic heterocycles. The largest absolute Gasteiger partial charge is 0.392 e. The van der Waals surface area contributed by atoms with Gasteiger partial charge in [-0.25, -0.2) is 12.7 Å². The Balaban J connectivity index is 2.78. The molecule has 4 nitrogen and oxygen atoms in total. The Labute approximate surface area is 90.5 Å². The van der Waals surface area contributed by atoms with Crippen molar-refractivity contribution in [2.75, 3.05) is 13.1 Å². The van der Waals surface area contributed by atoms with Gasteiger partial charge in [0.15, 0.2) is 0 Å². The molecule has 82 valence electrons. The Hall–Kier alpha value is -0.200. The Morgan fingerprint density at radius 3 is 2.29 bits per heavy atom. The van der Waals surface area contributed by atoms with Crippen LogP contribution in [0.25, 0.3) is 0 Å². The van der Waals surface area contributed by atoms with Crippen LogP contribution in [-0.2, 0) is 10.0 Å². The van der Waals surface area contributed by atoms with Gasteiger partial charge < -0.3 is 5.73 Å². The van der Waals surface area contributed by atoms with Crippen molar-refractivity contribution in [3.05, 3.63) is 0 Å². The van der Waals surface area contributed by atoms with Crippen LogP contribution < -0.4 is 5.73 Å². The van der Waals surface area contributed by atoms with Gasteiger partial charge in [-0.1, -0.05) is 18.6 Å². The van der Waals surface area contributed by atoms with Crippen LogP contribution in [-0.4, -0.2) is 36.1 Å². The minimum atomic E-state index is -3.29. The summed E-state index contributed by atoms with van der Waals surface area (Å²) in [6.07, 6.45) is 2.97. The third kappa shape index (κ3) is 2.43. The highest BCUT2D eigenvalue weighted by Gasteiger charge is 2.31. The van der Waals surface area contributed by atoms with Gasteiger partial charge in [0.05, 0.1) is 4.99 Å². The predicted molar refractivity (Wildman–Crippen MR) is 60.6 cm³/mol. The second-order valence-corrected chi connectivity index (χ2v) is 6.27. The van der Waals surface area contributed by atoms with Crippen molar-refractivity contribution in [3.63, 3.8) is 0 Å². The lowest BCUT2D eigenvalue weighted by Gasteiger charge is -2.28. The average Bonchev–Trinajstić information content (AvgIpc) is 2.18. The first kappa shape index (κ1) is 11.9. The van der Waals surface area contributed by atoms with Gasteiger partial charge in [-0.2, -0.15) is 0 Å². The van der Waals surface area contributed by atoms with E-state index in [1.807, 2.05) is 0 Å². The summed E-state index contributed by atoms with van der Waals surface area (Å²) < 4.78 is 25.3. The number of thiocarbonyl (C=S) groups is 1. The van der Waals surface area contributed by atoms with Crippen LogP contribution in [0.2, 0.25) is 0 Å². The molecule has 1 heterocycles. The number of nitrogens with zero attached hydrogens (tertiary/aromatic N) is 1. The van der Waals surface area contributed by atoms with Crippen LogP contribution in [0.4, 0.5) is 0 Å². The van der Waals surface area contributed by atoms with Crippen LogP contribution >= 0.6 is 12.2 Å². The van der Waals surface area contributed by atoms with E-state index in [-0.39, 0.29) is 4.99 Å². The molecule has 0 bridgehead atoms. The van der Waals surface area contributed by atoms with Gasteiger partial charge in [-0.3, -0.25) is 0 Å². The zero-order valence-electron chi connectivity index (χ0n) is 8.27. The van der Waals surface area contributed by atoms with Gasteiger partial charge in [0, 0.05) is 13.1 Å². The lowest BCUT2D eigenvalue weighted by Crippen LogP contribution is -2.45. The summed E-state index contributed by atoms with van der Waals surface area (Å²) in [5, 5.41) is -0.740. The van der Waals surface area contributed by atoms with Gasteiger partial charge in [0.2, 0.25) is 10.0 Å². The van der Waals surface area contributed by atoms with Crippen molar-refractivity contribution in [2.24, 2.45) is 5.73 Å². The van der Waals surface area contributed by atoms with E-state index in [1.165, 1.54) is 4.31 Å². The fourth-order valence-electron chi connectivity index (χ4n) is 1.49. The standard InChI is InChI=1S/C8H16N2O2S2/c1-7(8(9)13)14(11,12)10-5-3-2-4-6-10/h7H,2-6H2,1H3,(H2,9,13). The molecule has 1 atom stereocenters. The Kier molecular flexibility index (Phi) is 3.86. The maximum Gasteiger partial charge on any atom is 0.223 e. The third-order valence-corrected chi connectivity index (χ3v) is 5.26. The van der Waals surface area contributed by atoms with Crippen molar-refractivity contribution in [1.29, 1.82) is 0 Å². The van der Waals surface area contributed by atoms with Crippen LogP contribution in [0, 0.1) is 0 Å². The fourth-order valence-corrected chi connectivity index (χ4v) is 3.36. The van der Waals surface area contributed by atoms with Gasteiger partial charge in [-0.05, 0) is 19.8 Å². The number of sulfonamides is 1. The highest BCUT2D eigenvalue weighted by Crippen LogP contribution is 2.16. The normalized spacial score (nSPS) is 21.8. The first-order chi connectivity index (χ1) is 6.46. The zero-order valence-corrected chi connectivity index (χ0v) is 9.90. The monoisotopic (exact) mass is 236 g/mol. The van der Waals surface area contributed by atoms with Crippen molar-refractivity contribution in [1.82, 2.24) is 4.31 Å². The molecular weight excluding hydrogens is 220 g/mol. The molecule has 14 heavy (non-hydrogen) atoms. The lowest BCUT2D eigenvalue weighted by molar-refractivity contribution is 0.345. The second kappa shape index (κ2) is 4.55. The summed E-state index contributed by atoms with van der Waals surface area (Å²) in [6.45, 7) is 2.76. The number of hydrogen-bond donors (Lipinski definition) is 1. The topological polar surface area (TPSA) is 63.4 Å². The second-order valence-electron chi connectivity index (χ2n) is 3.55. The predicted octanol–water partition coefficient (Wildman–Crippen LogP) is 0.477. The van der Waals surface area contributed by atoms with Crippen molar-refractivity contribution in [2.45, 2.75) is 31.4 Å². The Bertz CT molecular complexity index is 307. The molecule has 6 heteroatoms. The molecule has 0 aromatic carbocycles. The molecule has 0 spiro atoms. The molecule has 0 saturated carbocycles. The fraction of sp³-hybridized carbons (Fsp3) is 0.875. The van der Waals surface area contributed by atoms with Gasteiger partial charge in [0.1, 0.15) is 5.25 Å². The van der Waals surface area contributed by atoms with E-state index in [9.17, 15) is 8.42 Å². The van der Waals surface area contributed by atoms with E-state index >= 15 is 0 Å². The minimum Gasteiger partial charge on any atom is -0.392 e. The van der Waals surface area contributed by atoms with Crippen molar-refractivity contribution >= 4 is 27.2 Å². The van der Waals surface area contributed by atoms with E-state index in [4.69, 9.17) is 18.0 Å². The first-order valence-corrected chi connectivity index (χ1v) is 6.65. The average molecular weight is 236 g/mol. The molecule has 1 unspecified atom stereocenters. The van der Waals surface area contributed by atoms with Crippen molar-refractivity contribution < 1.29 is 8.42 Å². The smallest absolute Gasteiger partial charge is 0.223 e. The molecule has 2 N–H and O–H groups in total. The molecular formula is C8H16N2O2S2. The van der Waals surface area contributed by atoms with E-state index in [1.54, 1.807) is 6.92 Å². The summed E-state index contributed by atoms with van der Waals surface area (Å²) in [5.74, 6) is 0. The van der Waals surface area contributed by atoms with Gasteiger partial charge >= 0.3 is 0 Å². The molecule has 0 aliphatic carbocycles. The Morgan fingerprint density at radius 2 is 1.86 bits per heavy atom. The van der Waals surface area contributed by atoms with Gasteiger partial charge in [-0.15, -0.1) is 0 Å². The molecule has 1 saturated heterocycles. The van der Waals surface area contributed by atoms with Crippen LogP contribution in [0.15, 0.2) is 0 Å². The van der Waals surface area contributed by atoms with E-state index < -0.39 is 15.3 Å². The quantitative estimate of drug-likeness (QED) is 0.724. The summed E-state index contributed by atoms with van der Waals surface area (Å²) in [7, 11) is -3.29. The van der Waals surface area contributed by atoms with E-state index in [0.717, 1.165) is 19.3 Å². The molecule has 1 rings (SSSR count). The minimum absolute atomic E-state index is 0.0515. The van der Waals surface area contributed by atoms with Crippen LogP contribution in [0.3, 0.4) is 0 Å². The maximum absolute atomic E-state index is 11.9.